The second-order valence-electron chi connectivity index (χ2n) is 4.70. The van der Waals surface area contributed by atoms with Crippen molar-refractivity contribution in [3.8, 4) is 5.75 Å². The topological polar surface area (TPSA) is 60.9 Å². The molecule has 1 aromatic heterocycles. The average molecular weight is 332 g/mol. The number of aromatic nitrogens is 2. The summed E-state index contributed by atoms with van der Waals surface area (Å²) in [5, 5.41) is 12.5. The van der Waals surface area contributed by atoms with E-state index < -0.39 is 0 Å². The van der Waals surface area contributed by atoms with E-state index in [4.69, 9.17) is 0 Å². The minimum Gasteiger partial charge on any atom is -0.508 e. The summed E-state index contributed by atoms with van der Waals surface area (Å²) < 4.78 is 1.05. The van der Waals surface area contributed by atoms with Crippen LogP contribution >= 0.6 is 15.9 Å². The highest BCUT2D eigenvalue weighted by atomic mass is 79.9. The molecular weight excluding hydrogens is 318 g/mol. The zero-order valence-electron chi connectivity index (χ0n) is 10.9. The molecule has 5 heteroatoms. The van der Waals surface area contributed by atoms with Crippen molar-refractivity contribution in [1.29, 1.82) is 0 Å². The SMILES string of the molecule is Cc1cc(Br)cc2[nH]c(CNc3ccc(O)cc3)nc12. The predicted molar refractivity (Wildman–Crippen MR) is 84.0 cm³/mol. The van der Waals surface area contributed by atoms with Crippen LogP contribution in [0.1, 0.15) is 11.4 Å². The van der Waals surface area contributed by atoms with Gasteiger partial charge in [-0.05, 0) is 48.9 Å². The van der Waals surface area contributed by atoms with Gasteiger partial charge in [-0.3, -0.25) is 0 Å². The normalized spacial score (nSPS) is 10.9. The Kier molecular flexibility index (Phi) is 3.36. The van der Waals surface area contributed by atoms with Gasteiger partial charge in [-0.15, -0.1) is 0 Å². The molecule has 0 atom stereocenters. The molecule has 3 N–H and O–H groups in total. The number of aromatic hydroxyl groups is 1. The smallest absolute Gasteiger partial charge is 0.126 e. The van der Waals surface area contributed by atoms with Gasteiger partial charge < -0.3 is 15.4 Å². The number of imidazole rings is 1. The average Bonchev–Trinajstić information content (AvgIpc) is 2.81. The van der Waals surface area contributed by atoms with E-state index >= 15 is 0 Å². The summed E-state index contributed by atoms with van der Waals surface area (Å²) in [6.45, 7) is 2.65. The first-order valence-electron chi connectivity index (χ1n) is 6.29. The van der Waals surface area contributed by atoms with Crippen molar-refractivity contribution in [2.75, 3.05) is 5.32 Å². The lowest BCUT2D eigenvalue weighted by atomic mass is 10.2. The van der Waals surface area contributed by atoms with Crippen LogP contribution in [0.3, 0.4) is 0 Å². The quantitative estimate of drug-likeness (QED) is 0.637. The number of halogens is 1. The highest BCUT2D eigenvalue weighted by Gasteiger charge is 2.06. The number of aryl methyl sites for hydroxylation is 1. The maximum Gasteiger partial charge on any atom is 0.126 e. The van der Waals surface area contributed by atoms with E-state index in [0.29, 0.717) is 6.54 Å². The number of hydrogen-bond donors (Lipinski definition) is 3. The number of anilines is 1. The number of nitrogens with one attached hydrogen (secondary N) is 2. The molecular formula is C15H14BrN3O. The zero-order valence-corrected chi connectivity index (χ0v) is 12.5. The van der Waals surface area contributed by atoms with Crippen LogP contribution in [-0.2, 0) is 6.54 Å². The standard InChI is InChI=1S/C15H14BrN3O/c1-9-6-10(16)7-13-15(9)19-14(18-13)8-17-11-2-4-12(20)5-3-11/h2-7,17,20H,8H2,1H3,(H,18,19). The molecule has 0 aliphatic rings. The molecule has 0 saturated carbocycles. The van der Waals surface area contributed by atoms with E-state index in [1.807, 2.05) is 25.1 Å². The van der Waals surface area contributed by atoms with Crippen molar-refractivity contribution in [3.63, 3.8) is 0 Å². The lowest BCUT2D eigenvalue weighted by Crippen LogP contribution is -2.00. The number of benzene rings is 2. The summed E-state index contributed by atoms with van der Waals surface area (Å²) in [5.41, 5.74) is 4.11. The Morgan fingerprint density at radius 3 is 2.75 bits per heavy atom. The van der Waals surface area contributed by atoms with Gasteiger partial charge in [-0.25, -0.2) is 4.98 Å². The van der Waals surface area contributed by atoms with Gasteiger partial charge in [0.05, 0.1) is 17.6 Å². The number of phenols is 1. The summed E-state index contributed by atoms with van der Waals surface area (Å²) in [5.74, 6) is 1.15. The van der Waals surface area contributed by atoms with Crippen LogP contribution in [0.5, 0.6) is 5.75 Å². The molecule has 1 heterocycles. The number of rotatable bonds is 3. The van der Waals surface area contributed by atoms with Gasteiger partial charge in [-0.1, -0.05) is 15.9 Å². The molecule has 0 fully saturated rings. The maximum atomic E-state index is 9.24. The fourth-order valence-electron chi connectivity index (χ4n) is 2.15. The molecule has 3 aromatic rings. The number of fused-ring (bicyclic) bond motifs is 1. The van der Waals surface area contributed by atoms with Gasteiger partial charge in [-0.2, -0.15) is 0 Å². The predicted octanol–water partition coefficient (Wildman–Crippen LogP) is 3.95. The van der Waals surface area contributed by atoms with Crippen molar-refractivity contribution in [2.45, 2.75) is 13.5 Å². The van der Waals surface area contributed by atoms with Crippen molar-refractivity contribution in [1.82, 2.24) is 9.97 Å². The van der Waals surface area contributed by atoms with Crippen molar-refractivity contribution < 1.29 is 5.11 Å². The molecule has 0 amide bonds. The van der Waals surface area contributed by atoms with Gasteiger partial charge in [0.25, 0.3) is 0 Å². The Balaban J connectivity index is 1.81. The lowest BCUT2D eigenvalue weighted by Gasteiger charge is -2.03. The molecule has 0 bridgehead atoms. The molecule has 3 rings (SSSR count). The number of H-pyrrole nitrogens is 1. The van der Waals surface area contributed by atoms with E-state index in [2.05, 4.69) is 37.3 Å². The minimum atomic E-state index is 0.264. The first-order chi connectivity index (χ1) is 9.61. The molecule has 102 valence electrons. The molecule has 0 aliphatic heterocycles. The summed E-state index contributed by atoms with van der Waals surface area (Å²) in [6.07, 6.45) is 0. The van der Waals surface area contributed by atoms with Gasteiger partial charge in [0.15, 0.2) is 0 Å². The van der Waals surface area contributed by atoms with E-state index in [1.165, 1.54) is 0 Å². The first kappa shape index (κ1) is 13.0. The van der Waals surface area contributed by atoms with Gasteiger partial charge in [0.2, 0.25) is 0 Å². The molecule has 2 aromatic carbocycles. The zero-order chi connectivity index (χ0) is 14.1. The summed E-state index contributed by atoms with van der Waals surface area (Å²) in [4.78, 5) is 7.90. The third-order valence-electron chi connectivity index (χ3n) is 3.12. The largest absolute Gasteiger partial charge is 0.508 e. The lowest BCUT2D eigenvalue weighted by molar-refractivity contribution is 0.475. The second-order valence-corrected chi connectivity index (χ2v) is 5.62. The van der Waals surface area contributed by atoms with Crippen LogP contribution in [-0.4, -0.2) is 15.1 Å². The number of hydrogen-bond acceptors (Lipinski definition) is 3. The Morgan fingerprint density at radius 2 is 2.00 bits per heavy atom. The van der Waals surface area contributed by atoms with Crippen molar-refractivity contribution in [3.05, 3.63) is 52.3 Å². The third-order valence-corrected chi connectivity index (χ3v) is 3.58. The molecule has 4 nitrogen and oxygen atoms in total. The van der Waals surface area contributed by atoms with Crippen LogP contribution in [0.4, 0.5) is 5.69 Å². The summed E-state index contributed by atoms with van der Waals surface area (Å²) in [7, 11) is 0. The molecule has 0 aliphatic carbocycles. The van der Waals surface area contributed by atoms with Gasteiger partial charge in [0, 0.05) is 10.2 Å². The van der Waals surface area contributed by atoms with Gasteiger partial charge >= 0.3 is 0 Å². The fourth-order valence-corrected chi connectivity index (χ4v) is 2.72. The molecule has 0 radical (unpaired) electrons. The Bertz CT molecular complexity index is 750. The Morgan fingerprint density at radius 1 is 1.25 bits per heavy atom. The number of phenolic OH excluding ortho intramolecular Hbond substituents is 1. The van der Waals surface area contributed by atoms with E-state index in [9.17, 15) is 5.11 Å². The summed E-state index contributed by atoms with van der Waals surface area (Å²) in [6, 6.07) is 11.1. The van der Waals surface area contributed by atoms with E-state index in [-0.39, 0.29) is 5.75 Å². The molecule has 0 spiro atoms. The number of nitrogens with zero attached hydrogens (tertiary/aromatic N) is 1. The Labute approximate surface area is 125 Å². The molecule has 0 unspecified atom stereocenters. The molecule has 0 saturated heterocycles. The van der Waals surface area contributed by atoms with Crippen molar-refractivity contribution in [2.24, 2.45) is 0 Å². The monoisotopic (exact) mass is 331 g/mol. The van der Waals surface area contributed by atoms with E-state index in [1.54, 1.807) is 12.1 Å². The summed E-state index contributed by atoms with van der Waals surface area (Å²) >= 11 is 3.49. The van der Waals surface area contributed by atoms with Crippen molar-refractivity contribution >= 4 is 32.7 Å². The van der Waals surface area contributed by atoms with Crippen LogP contribution in [0.2, 0.25) is 0 Å². The Hall–Kier alpha value is -2.01. The minimum absolute atomic E-state index is 0.264. The second kappa shape index (κ2) is 5.17. The van der Waals surface area contributed by atoms with Crippen LogP contribution in [0.15, 0.2) is 40.9 Å². The molecule has 20 heavy (non-hydrogen) atoms. The first-order valence-corrected chi connectivity index (χ1v) is 7.09. The fraction of sp³-hybridized carbons (Fsp3) is 0.133. The third kappa shape index (κ3) is 2.63. The van der Waals surface area contributed by atoms with Crippen LogP contribution in [0, 0.1) is 6.92 Å². The maximum absolute atomic E-state index is 9.24. The van der Waals surface area contributed by atoms with Gasteiger partial charge in [0.1, 0.15) is 11.6 Å². The number of aromatic amines is 1. The van der Waals surface area contributed by atoms with Crippen LogP contribution < -0.4 is 5.32 Å². The van der Waals surface area contributed by atoms with E-state index in [0.717, 1.165) is 32.6 Å². The highest BCUT2D eigenvalue weighted by Crippen LogP contribution is 2.22. The van der Waals surface area contributed by atoms with Crippen LogP contribution in [0.25, 0.3) is 11.0 Å². The highest BCUT2D eigenvalue weighted by molar-refractivity contribution is 9.10.